The largest absolute Gasteiger partial charge is 0.478 e. The van der Waals surface area contributed by atoms with Crippen LogP contribution in [0, 0.1) is 6.92 Å². The Balaban J connectivity index is 1.67. The number of rotatable bonds is 10. The summed E-state index contributed by atoms with van der Waals surface area (Å²) in [5.41, 5.74) is 1.76. The van der Waals surface area contributed by atoms with Crippen LogP contribution in [0.4, 0.5) is 5.69 Å². The predicted octanol–water partition coefficient (Wildman–Crippen LogP) is 4.88. The Morgan fingerprint density at radius 3 is 2.66 bits per heavy atom. The van der Waals surface area contributed by atoms with Crippen LogP contribution in [0.1, 0.15) is 28.7 Å². The molecule has 0 radical (unpaired) electrons. The van der Waals surface area contributed by atoms with E-state index in [4.69, 9.17) is 5.11 Å². The molecule has 3 aromatic rings. The SMILES string of the molecule is C=CCn1c(CSc2ccc(C)cc2)nnc1SC(C)C(=O)Nc1cccc(C(=O)O)c1. The summed E-state index contributed by atoms with van der Waals surface area (Å²) in [4.78, 5) is 24.9. The quantitative estimate of drug-likeness (QED) is 0.323. The zero-order chi connectivity index (χ0) is 23.1. The van der Waals surface area contributed by atoms with E-state index < -0.39 is 11.2 Å². The molecule has 1 atom stereocenters. The summed E-state index contributed by atoms with van der Waals surface area (Å²) in [6.45, 7) is 8.18. The number of aromatic nitrogens is 3. The molecule has 0 aliphatic carbocycles. The molecular formula is C23H24N4O3S2. The molecule has 3 rings (SSSR count). The van der Waals surface area contributed by atoms with Gasteiger partial charge in [-0.3, -0.25) is 4.79 Å². The average molecular weight is 469 g/mol. The highest BCUT2D eigenvalue weighted by Crippen LogP contribution is 2.27. The number of thioether (sulfide) groups is 2. The number of nitrogens with one attached hydrogen (secondary N) is 1. The number of carbonyl (C=O) groups is 2. The van der Waals surface area contributed by atoms with Crippen LogP contribution in [0.2, 0.25) is 0 Å². The van der Waals surface area contributed by atoms with Gasteiger partial charge in [0.25, 0.3) is 0 Å². The first kappa shape index (κ1) is 23.6. The lowest BCUT2D eigenvalue weighted by Crippen LogP contribution is -2.23. The van der Waals surface area contributed by atoms with Crippen molar-refractivity contribution in [2.75, 3.05) is 5.32 Å². The number of aromatic carboxylic acids is 1. The standard InChI is InChI=1S/C23H24N4O3S2/c1-4-12-27-20(14-31-19-10-8-15(2)9-11-19)25-26-23(27)32-16(3)21(28)24-18-7-5-6-17(13-18)22(29)30/h4-11,13,16H,1,12,14H2,2-3H3,(H,24,28)(H,29,30). The molecule has 0 spiro atoms. The van der Waals surface area contributed by atoms with Crippen LogP contribution in [-0.4, -0.2) is 37.0 Å². The molecule has 0 saturated carbocycles. The molecule has 0 fully saturated rings. The fourth-order valence-electron chi connectivity index (χ4n) is 2.79. The van der Waals surface area contributed by atoms with Crippen molar-refractivity contribution in [3.8, 4) is 0 Å². The third-order valence-electron chi connectivity index (χ3n) is 4.52. The third-order valence-corrected chi connectivity index (χ3v) is 6.61. The minimum atomic E-state index is -1.04. The van der Waals surface area contributed by atoms with Gasteiger partial charge in [-0.05, 0) is 44.2 Å². The number of carboxylic acid groups (broad SMARTS) is 1. The molecule has 9 heteroatoms. The topological polar surface area (TPSA) is 97.1 Å². The van der Waals surface area contributed by atoms with E-state index >= 15 is 0 Å². The molecule has 1 aromatic heterocycles. The summed E-state index contributed by atoms with van der Waals surface area (Å²) in [6, 6.07) is 14.5. The van der Waals surface area contributed by atoms with Crippen LogP contribution in [0.3, 0.4) is 0 Å². The number of hydrogen-bond donors (Lipinski definition) is 2. The molecule has 32 heavy (non-hydrogen) atoms. The Labute approximate surface area is 195 Å². The first-order valence-corrected chi connectivity index (χ1v) is 11.8. The lowest BCUT2D eigenvalue weighted by molar-refractivity contribution is -0.115. The lowest BCUT2D eigenvalue weighted by atomic mass is 10.2. The van der Waals surface area contributed by atoms with Crippen molar-refractivity contribution in [1.82, 2.24) is 14.8 Å². The molecule has 0 aliphatic heterocycles. The number of carboxylic acids is 1. The van der Waals surface area contributed by atoms with Crippen molar-refractivity contribution in [3.63, 3.8) is 0 Å². The summed E-state index contributed by atoms with van der Waals surface area (Å²) >= 11 is 2.97. The highest BCUT2D eigenvalue weighted by Gasteiger charge is 2.20. The average Bonchev–Trinajstić information content (AvgIpc) is 3.15. The molecule has 0 bridgehead atoms. The van der Waals surface area contributed by atoms with Gasteiger partial charge in [-0.15, -0.1) is 28.5 Å². The van der Waals surface area contributed by atoms with Crippen molar-refractivity contribution in [1.29, 1.82) is 0 Å². The number of nitrogens with zero attached hydrogens (tertiary/aromatic N) is 3. The van der Waals surface area contributed by atoms with E-state index in [1.807, 2.05) is 4.57 Å². The zero-order valence-electron chi connectivity index (χ0n) is 17.8. The first-order chi connectivity index (χ1) is 15.4. The van der Waals surface area contributed by atoms with Crippen LogP contribution in [0.15, 0.2) is 71.2 Å². The van der Waals surface area contributed by atoms with Gasteiger partial charge in [-0.1, -0.05) is 41.6 Å². The fourth-order valence-corrected chi connectivity index (χ4v) is 4.51. The maximum atomic E-state index is 12.7. The molecule has 0 saturated heterocycles. The number of amides is 1. The third kappa shape index (κ3) is 6.24. The Morgan fingerprint density at radius 2 is 1.97 bits per heavy atom. The number of carbonyl (C=O) groups excluding carboxylic acids is 1. The van der Waals surface area contributed by atoms with E-state index in [2.05, 4.69) is 53.3 Å². The number of hydrogen-bond acceptors (Lipinski definition) is 6. The van der Waals surface area contributed by atoms with Crippen molar-refractivity contribution >= 4 is 41.1 Å². The second kappa shape index (κ2) is 11.0. The van der Waals surface area contributed by atoms with Gasteiger partial charge in [0.05, 0.1) is 16.6 Å². The van der Waals surface area contributed by atoms with Crippen LogP contribution >= 0.6 is 23.5 Å². The summed E-state index contributed by atoms with van der Waals surface area (Å²) in [6.07, 6.45) is 1.77. The normalized spacial score (nSPS) is 11.7. The number of anilines is 1. The van der Waals surface area contributed by atoms with E-state index in [0.29, 0.717) is 23.1 Å². The maximum absolute atomic E-state index is 12.7. The highest BCUT2D eigenvalue weighted by atomic mass is 32.2. The minimum Gasteiger partial charge on any atom is -0.478 e. The Kier molecular flexibility index (Phi) is 8.13. The Bertz CT molecular complexity index is 1110. The molecule has 1 unspecified atom stereocenters. The molecule has 0 aliphatic rings. The predicted molar refractivity (Wildman–Crippen MR) is 128 cm³/mol. The van der Waals surface area contributed by atoms with Gasteiger partial charge in [-0.25, -0.2) is 4.79 Å². The van der Waals surface area contributed by atoms with E-state index in [-0.39, 0.29) is 11.5 Å². The van der Waals surface area contributed by atoms with Gasteiger partial charge in [0, 0.05) is 17.1 Å². The van der Waals surface area contributed by atoms with Gasteiger partial charge in [-0.2, -0.15) is 0 Å². The van der Waals surface area contributed by atoms with E-state index in [1.54, 1.807) is 36.9 Å². The Hall–Kier alpha value is -3.04. The fraction of sp³-hybridized carbons (Fsp3) is 0.217. The van der Waals surface area contributed by atoms with Crippen molar-refractivity contribution in [3.05, 3.63) is 78.1 Å². The number of aryl methyl sites for hydroxylation is 1. The van der Waals surface area contributed by atoms with Crippen LogP contribution in [-0.2, 0) is 17.1 Å². The van der Waals surface area contributed by atoms with Gasteiger partial charge in [0.2, 0.25) is 5.91 Å². The van der Waals surface area contributed by atoms with Crippen LogP contribution in [0.25, 0.3) is 0 Å². The lowest BCUT2D eigenvalue weighted by Gasteiger charge is -2.13. The second-order valence-corrected chi connectivity index (χ2v) is 9.39. The summed E-state index contributed by atoms with van der Waals surface area (Å²) in [7, 11) is 0. The van der Waals surface area contributed by atoms with Crippen molar-refractivity contribution in [2.24, 2.45) is 0 Å². The second-order valence-electron chi connectivity index (χ2n) is 7.04. The van der Waals surface area contributed by atoms with Gasteiger partial charge in [0.1, 0.15) is 5.82 Å². The molecule has 1 heterocycles. The summed E-state index contributed by atoms with van der Waals surface area (Å²) < 4.78 is 1.95. The van der Waals surface area contributed by atoms with E-state index in [9.17, 15) is 9.59 Å². The number of allylic oxidation sites excluding steroid dienone is 1. The van der Waals surface area contributed by atoms with Crippen LogP contribution in [0.5, 0.6) is 0 Å². The summed E-state index contributed by atoms with van der Waals surface area (Å²) in [5, 5.41) is 20.6. The van der Waals surface area contributed by atoms with Crippen molar-refractivity contribution < 1.29 is 14.7 Å². The van der Waals surface area contributed by atoms with Crippen molar-refractivity contribution in [2.45, 2.75) is 41.4 Å². The maximum Gasteiger partial charge on any atom is 0.335 e. The van der Waals surface area contributed by atoms with Gasteiger partial charge >= 0.3 is 5.97 Å². The monoisotopic (exact) mass is 468 g/mol. The molecule has 166 valence electrons. The Morgan fingerprint density at radius 1 is 1.22 bits per heavy atom. The first-order valence-electron chi connectivity index (χ1n) is 9.90. The highest BCUT2D eigenvalue weighted by molar-refractivity contribution is 8.00. The molecule has 1 amide bonds. The molecular weight excluding hydrogens is 444 g/mol. The number of benzene rings is 2. The van der Waals surface area contributed by atoms with E-state index in [1.165, 1.54) is 29.5 Å². The summed E-state index contributed by atoms with van der Waals surface area (Å²) in [5.74, 6) is 0.158. The molecule has 2 N–H and O–H groups in total. The van der Waals surface area contributed by atoms with Gasteiger partial charge in [0.15, 0.2) is 5.16 Å². The zero-order valence-corrected chi connectivity index (χ0v) is 19.4. The van der Waals surface area contributed by atoms with Gasteiger partial charge < -0.3 is 15.0 Å². The smallest absolute Gasteiger partial charge is 0.335 e. The molecule has 2 aromatic carbocycles. The molecule has 7 nitrogen and oxygen atoms in total. The minimum absolute atomic E-state index is 0.115. The van der Waals surface area contributed by atoms with E-state index in [0.717, 1.165) is 10.7 Å². The van der Waals surface area contributed by atoms with Crippen LogP contribution < -0.4 is 5.32 Å².